The van der Waals surface area contributed by atoms with Gasteiger partial charge in [-0.05, 0) is 87.9 Å². The molecule has 154 valence electrons. The van der Waals surface area contributed by atoms with E-state index in [-0.39, 0.29) is 0 Å². The largest absolute Gasteiger partial charge is 0.0996 e. The Morgan fingerprint density at radius 1 is 0.593 bits per heavy atom. The van der Waals surface area contributed by atoms with Crippen molar-refractivity contribution < 1.29 is 0 Å². The summed E-state index contributed by atoms with van der Waals surface area (Å²) in [5.74, 6) is 13.0. The zero-order valence-electron chi connectivity index (χ0n) is 18.5. The minimum absolute atomic E-state index is 0.728. The van der Waals surface area contributed by atoms with E-state index in [9.17, 15) is 0 Å². The first-order chi connectivity index (χ1) is 13.2. The Morgan fingerprint density at radius 2 is 1.11 bits per heavy atom. The molecule has 0 aliphatic heterocycles. The summed E-state index contributed by atoms with van der Waals surface area (Å²) in [4.78, 5) is 0. The summed E-state index contributed by atoms with van der Waals surface area (Å²) in [6.07, 6.45) is 24.8. The molecule has 0 nitrogen and oxygen atoms in total. The molecular weight excluding hydrogens is 324 g/mol. The molecule has 0 aromatic carbocycles. The summed E-state index contributed by atoms with van der Waals surface area (Å²) >= 11 is 0. The molecular formula is C27H46. The monoisotopic (exact) mass is 370 g/mol. The van der Waals surface area contributed by atoms with Crippen molar-refractivity contribution in [3.05, 3.63) is 0 Å². The lowest BCUT2D eigenvalue weighted by molar-refractivity contribution is 0.153. The average molecular weight is 371 g/mol. The summed E-state index contributed by atoms with van der Waals surface area (Å²) in [5.41, 5.74) is 0. The van der Waals surface area contributed by atoms with Crippen molar-refractivity contribution in [2.24, 2.45) is 35.5 Å². The molecule has 0 saturated heterocycles. The van der Waals surface area contributed by atoms with E-state index in [0.717, 1.165) is 35.5 Å². The van der Waals surface area contributed by atoms with Crippen LogP contribution in [0.25, 0.3) is 0 Å². The van der Waals surface area contributed by atoms with Gasteiger partial charge in [0.15, 0.2) is 0 Å². The van der Waals surface area contributed by atoms with Gasteiger partial charge in [-0.15, -0.1) is 0 Å². The van der Waals surface area contributed by atoms with Crippen LogP contribution in [-0.2, 0) is 0 Å². The van der Waals surface area contributed by atoms with Crippen molar-refractivity contribution >= 4 is 0 Å². The Labute approximate surface area is 170 Å². The van der Waals surface area contributed by atoms with Crippen LogP contribution in [0.3, 0.4) is 0 Å². The zero-order valence-corrected chi connectivity index (χ0v) is 18.5. The van der Waals surface area contributed by atoms with E-state index < -0.39 is 0 Å². The maximum atomic E-state index is 3.72. The van der Waals surface area contributed by atoms with Crippen molar-refractivity contribution in [3.8, 4) is 11.8 Å². The lowest BCUT2D eigenvalue weighted by Crippen LogP contribution is -2.25. The minimum Gasteiger partial charge on any atom is -0.0996 e. The van der Waals surface area contributed by atoms with Crippen LogP contribution in [0.2, 0.25) is 0 Å². The normalized spacial score (nSPS) is 37.4. The van der Waals surface area contributed by atoms with Crippen molar-refractivity contribution in [1.29, 1.82) is 0 Å². The average Bonchev–Trinajstić information content (AvgIpc) is 2.72. The van der Waals surface area contributed by atoms with E-state index >= 15 is 0 Å². The Balaban J connectivity index is 1.31. The molecule has 3 aliphatic carbocycles. The van der Waals surface area contributed by atoms with Crippen molar-refractivity contribution in [2.45, 2.75) is 123 Å². The molecule has 3 rings (SSSR count). The Kier molecular flexibility index (Phi) is 9.09. The van der Waals surface area contributed by atoms with Gasteiger partial charge in [0.2, 0.25) is 0 Å². The summed E-state index contributed by atoms with van der Waals surface area (Å²) in [6, 6.07) is 0. The van der Waals surface area contributed by atoms with E-state index in [1.807, 2.05) is 0 Å². The molecule has 0 radical (unpaired) electrons. The molecule has 0 heterocycles. The van der Waals surface area contributed by atoms with Crippen LogP contribution < -0.4 is 0 Å². The first-order valence-corrected chi connectivity index (χ1v) is 12.8. The third kappa shape index (κ3) is 7.15. The van der Waals surface area contributed by atoms with Gasteiger partial charge in [-0.1, -0.05) is 70.6 Å². The minimum atomic E-state index is 0.728. The second-order valence-electron chi connectivity index (χ2n) is 10.5. The highest BCUT2D eigenvalue weighted by atomic mass is 14.4. The van der Waals surface area contributed by atoms with Gasteiger partial charge in [0, 0.05) is 11.8 Å². The standard InChI is InChI=1S/C27H46/c1-3-4-5-6-7-23-14-18-26(19-15-23)27-20-16-25(17-21-27)13-12-24-10-8-22(2)9-11-24/h22-27H,3-11,14-21H2,1-2H3. The predicted molar refractivity (Wildman–Crippen MR) is 119 cm³/mol. The summed E-state index contributed by atoms with van der Waals surface area (Å²) in [6.45, 7) is 4.73. The second kappa shape index (κ2) is 11.5. The van der Waals surface area contributed by atoms with Gasteiger partial charge in [0.25, 0.3) is 0 Å². The maximum Gasteiger partial charge on any atom is 0.0203 e. The number of rotatable bonds is 6. The van der Waals surface area contributed by atoms with E-state index in [2.05, 4.69) is 25.7 Å². The van der Waals surface area contributed by atoms with Gasteiger partial charge in [-0.25, -0.2) is 0 Å². The molecule has 0 spiro atoms. The lowest BCUT2D eigenvalue weighted by atomic mass is 9.68. The summed E-state index contributed by atoms with van der Waals surface area (Å²) < 4.78 is 0. The van der Waals surface area contributed by atoms with Crippen molar-refractivity contribution in [3.63, 3.8) is 0 Å². The van der Waals surface area contributed by atoms with Crippen LogP contribution in [-0.4, -0.2) is 0 Å². The Bertz CT molecular complexity index is 442. The fourth-order valence-electron chi connectivity index (χ4n) is 6.18. The zero-order chi connectivity index (χ0) is 18.9. The molecule has 0 bridgehead atoms. The molecule has 27 heavy (non-hydrogen) atoms. The SMILES string of the molecule is CCCCCCC1CCC(C2CCC(C#CC3CCC(C)CC3)CC2)CC1. The maximum absolute atomic E-state index is 3.72. The molecule has 0 aromatic rings. The Hall–Kier alpha value is -0.440. The number of unbranched alkanes of at least 4 members (excludes halogenated alkanes) is 3. The number of hydrogen-bond acceptors (Lipinski definition) is 0. The highest BCUT2D eigenvalue weighted by Gasteiger charge is 2.30. The van der Waals surface area contributed by atoms with Gasteiger partial charge in [-0.3, -0.25) is 0 Å². The molecule has 3 fully saturated rings. The Morgan fingerprint density at radius 3 is 1.67 bits per heavy atom. The fraction of sp³-hybridized carbons (Fsp3) is 0.926. The summed E-state index contributed by atoms with van der Waals surface area (Å²) in [5, 5.41) is 0. The topological polar surface area (TPSA) is 0 Å². The van der Waals surface area contributed by atoms with Crippen LogP contribution in [0, 0.1) is 47.3 Å². The highest BCUT2D eigenvalue weighted by molar-refractivity contribution is 5.09. The van der Waals surface area contributed by atoms with Crippen molar-refractivity contribution in [1.82, 2.24) is 0 Å². The molecule has 0 aromatic heterocycles. The molecule has 3 saturated carbocycles. The van der Waals surface area contributed by atoms with Crippen LogP contribution >= 0.6 is 0 Å². The van der Waals surface area contributed by atoms with Gasteiger partial charge in [-0.2, -0.15) is 0 Å². The van der Waals surface area contributed by atoms with Gasteiger partial charge < -0.3 is 0 Å². The van der Waals surface area contributed by atoms with Crippen LogP contribution in [0.5, 0.6) is 0 Å². The van der Waals surface area contributed by atoms with Crippen LogP contribution in [0.15, 0.2) is 0 Å². The van der Waals surface area contributed by atoms with Gasteiger partial charge in [0.05, 0.1) is 0 Å². The van der Waals surface area contributed by atoms with Crippen molar-refractivity contribution in [2.75, 3.05) is 0 Å². The molecule has 3 aliphatic rings. The number of hydrogen-bond donors (Lipinski definition) is 0. The molecule has 0 heteroatoms. The van der Waals surface area contributed by atoms with Crippen LogP contribution in [0.1, 0.15) is 123 Å². The smallest absolute Gasteiger partial charge is 0.0203 e. The van der Waals surface area contributed by atoms with Gasteiger partial charge >= 0.3 is 0 Å². The fourth-order valence-corrected chi connectivity index (χ4v) is 6.18. The molecule has 0 unspecified atom stereocenters. The third-order valence-corrected chi connectivity index (χ3v) is 8.30. The van der Waals surface area contributed by atoms with Gasteiger partial charge in [0.1, 0.15) is 0 Å². The van der Waals surface area contributed by atoms with E-state index in [1.165, 1.54) is 96.3 Å². The first kappa shape index (κ1) is 21.3. The highest BCUT2D eigenvalue weighted by Crippen LogP contribution is 2.42. The summed E-state index contributed by atoms with van der Waals surface area (Å²) in [7, 11) is 0. The van der Waals surface area contributed by atoms with Crippen LogP contribution in [0.4, 0.5) is 0 Å². The third-order valence-electron chi connectivity index (χ3n) is 8.30. The second-order valence-corrected chi connectivity index (χ2v) is 10.5. The molecule has 0 N–H and O–H groups in total. The molecule has 0 atom stereocenters. The van der Waals surface area contributed by atoms with E-state index in [0.29, 0.717) is 0 Å². The first-order valence-electron chi connectivity index (χ1n) is 12.8. The lowest BCUT2D eigenvalue weighted by Gasteiger charge is -2.37. The van der Waals surface area contributed by atoms with E-state index in [1.54, 1.807) is 12.8 Å². The predicted octanol–water partition coefficient (Wildman–Crippen LogP) is 8.40. The molecule has 0 amide bonds. The quantitative estimate of drug-likeness (QED) is 0.325. The van der Waals surface area contributed by atoms with E-state index in [4.69, 9.17) is 0 Å².